The number of rotatable bonds is 5. The Hall–Kier alpha value is -3.29. The number of halogens is 1. The van der Waals surface area contributed by atoms with Crippen molar-refractivity contribution in [1.82, 2.24) is 24.4 Å². The maximum absolute atomic E-state index is 13.5. The van der Waals surface area contributed by atoms with E-state index in [2.05, 4.69) is 21.0 Å². The minimum atomic E-state index is -1.16. The third-order valence-electron chi connectivity index (χ3n) is 6.91. The zero-order valence-corrected chi connectivity index (χ0v) is 21.5. The van der Waals surface area contributed by atoms with Crippen molar-refractivity contribution < 1.29 is 9.90 Å². The SMILES string of the molecule is Cn1cc(-c2ccnc(C(C)(C)O)n2)c2cc(C(=O)N3CCC(Cc4ccccn4)CC3)c(Cl)cc21. The van der Waals surface area contributed by atoms with Crippen LogP contribution in [0.15, 0.2) is 55.0 Å². The Kier molecular flexibility index (Phi) is 6.53. The summed E-state index contributed by atoms with van der Waals surface area (Å²) in [5, 5.41) is 11.7. The molecule has 1 saturated heterocycles. The van der Waals surface area contributed by atoms with Crippen LogP contribution >= 0.6 is 11.6 Å². The first-order valence-electron chi connectivity index (χ1n) is 12.2. The molecule has 0 atom stereocenters. The number of piperidine rings is 1. The normalized spacial score (nSPS) is 15.0. The molecule has 0 radical (unpaired) electrons. The van der Waals surface area contributed by atoms with Crippen molar-refractivity contribution in [2.45, 2.75) is 38.7 Å². The lowest BCUT2D eigenvalue weighted by Crippen LogP contribution is -2.39. The summed E-state index contributed by atoms with van der Waals surface area (Å²) in [5.74, 6) is 0.814. The highest BCUT2D eigenvalue weighted by molar-refractivity contribution is 6.34. The molecular weight excluding hydrogens is 474 g/mol. The number of aryl methyl sites for hydroxylation is 1. The summed E-state index contributed by atoms with van der Waals surface area (Å²) in [4.78, 5) is 28.7. The van der Waals surface area contributed by atoms with Gasteiger partial charge in [0.25, 0.3) is 5.91 Å². The molecule has 5 rings (SSSR count). The first-order chi connectivity index (χ1) is 17.2. The van der Waals surface area contributed by atoms with Gasteiger partial charge in [0.2, 0.25) is 0 Å². The fourth-order valence-electron chi connectivity index (χ4n) is 4.90. The highest BCUT2D eigenvalue weighted by atomic mass is 35.5. The monoisotopic (exact) mass is 503 g/mol. The van der Waals surface area contributed by atoms with Crippen molar-refractivity contribution in [2.24, 2.45) is 13.0 Å². The molecular formula is C28H30ClN5O2. The van der Waals surface area contributed by atoms with Crippen molar-refractivity contribution in [3.8, 4) is 11.3 Å². The Morgan fingerprint density at radius 1 is 1.14 bits per heavy atom. The van der Waals surface area contributed by atoms with Crippen molar-refractivity contribution in [3.05, 3.63) is 77.1 Å². The van der Waals surface area contributed by atoms with Gasteiger partial charge < -0.3 is 14.6 Å². The molecule has 3 aromatic heterocycles. The number of fused-ring (bicyclic) bond motifs is 1. The van der Waals surface area contributed by atoms with E-state index in [0.717, 1.165) is 41.4 Å². The van der Waals surface area contributed by atoms with E-state index < -0.39 is 5.60 Å². The molecule has 0 aliphatic carbocycles. The van der Waals surface area contributed by atoms with Crippen LogP contribution in [0.4, 0.5) is 0 Å². The lowest BCUT2D eigenvalue weighted by atomic mass is 9.91. The van der Waals surface area contributed by atoms with Crippen LogP contribution < -0.4 is 0 Å². The summed E-state index contributed by atoms with van der Waals surface area (Å²) >= 11 is 6.64. The number of aliphatic hydroxyl groups is 1. The van der Waals surface area contributed by atoms with Gasteiger partial charge in [0.1, 0.15) is 5.60 Å². The van der Waals surface area contributed by atoms with Gasteiger partial charge in [0, 0.05) is 60.9 Å². The van der Waals surface area contributed by atoms with E-state index in [1.807, 2.05) is 59.2 Å². The number of hydrogen-bond acceptors (Lipinski definition) is 5. The standard InChI is InChI=1S/C28H30ClN5O2/c1-28(2,36)27-31-11-7-24(32-27)22-17-33(3)25-16-23(29)21(15-20(22)25)26(35)34-12-8-18(9-13-34)14-19-6-4-5-10-30-19/h4-7,10-11,15-18,36H,8-9,12-14H2,1-3H3. The predicted molar refractivity (Wildman–Crippen MR) is 141 cm³/mol. The average molecular weight is 504 g/mol. The molecule has 186 valence electrons. The van der Waals surface area contributed by atoms with E-state index in [0.29, 0.717) is 41.1 Å². The van der Waals surface area contributed by atoms with Crippen molar-refractivity contribution in [1.29, 1.82) is 0 Å². The van der Waals surface area contributed by atoms with Gasteiger partial charge in [0.05, 0.1) is 16.3 Å². The van der Waals surface area contributed by atoms with Gasteiger partial charge in [-0.15, -0.1) is 0 Å². The van der Waals surface area contributed by atoms with Gasteiger partial charge in [-0.05, 0) is 69.4 Å². The molecule has 1 aliphatic rings. The number of carbonyl (C=O) groups is 1. The van der Waals surface area contributed by atoms with E-state index in [9.17, 15) is 9.90 Å². The summed E-state index contributed by atoms with van der Waals surface area (Å²) in [7, 11) is 1.94. The number of amides is 1. The molecule has 1 fully saturated rings. The third kappa shape index (κ3) is 4.86. The van der Waals surface area contributed by atoms with Crippen LogP contribution in [-0.4, -0.2) is 48.5 Å². The molecule has 7 nitrogen and oxygen atoms in total. The van der Waals surface area contributed by atoms with Crippen LogP contribution in [0.3, 0.4) is 0 Å². The summed E-state index contributed by atoms with van der Waals surface area (Å²) in [6.45, 7) is 4.72. The van der Waals surface area contributed by atoms with Crippen LogP contribution in [-0.2, 0) is 19.1 Å². The van der Waals surface area contributed by atoms with Crippen LogP contribution in [0.25, 0.3) is 22.2 Å². The predicted octanol–water partition coefficient (Wildman–Crippen LogP) is 5.01. The molecule has 0 saturated carbocycles. The zero-order chi connectivity index (χ0) is 25.4. The fourth-order valence-corrected chi connectivity index (χ4v) is 5.14. The second kappa shape index (κ2) is 9.64. The van der Waals surface area contributed by atoms with Crippen LogP contribution in [0.5, 0.6) is 0 Å². The van der Waals surface area contributed by atoms with E-state index in [-0.39, 0.29) is 5.91 Å². The Bertz CT molecular complexity index is 1400. The lowest BCUT2D eigenvalue weighted by molar-refractivity contribution is 0.0683. The lowest BCUT2D eigenvalue weighted by Gasteiger charge is -2.32. The fraction of sp³-hybridized carbons (Fsp3) is 0.357. The minimum Gasteiger partial charge on any atom is -0.382 e. The molecule has 1 N–H and O–H groups in total. The van der Waals surface area contributed by atoms with Gasteiger partial charge in [0.15, 0.2) is 5.82 Å². The second-order valence-corrected chi connectivity index (χ2v) is 10.5. The maximum Gasteiger partial charge on any atom is 0.255 e. The number of nitrogens with zero attached hydrogens (tertiary/aromatic N) is 5. The number of pyridine rings is 1. The van der Waals surface area contributed by atoms with Crippen LogP contribution in [0, 0.1) is 5.92 Å². The van der Waals surface area contributed by atoms with E-state index in [1.54, 1.807) is 20.0 Å². The Morgan fingerprint density at radius 3 is 2.61 bits per heavy atom. The summed E-state index contributed by atoms with van der Waals surface area (Å²) < 4.78 is 1.97. The molecule has 36 heavy (non-hydrogen) atoms. The minimum absolute atomic E-state index is 0.0483. The van der Waals surface area contributed by atoms with Crippen molar-refractivity contribution in [3.63, 3.8) is 0 Å². The Balaban J connectivity index is 1.41. The molecule has 4 aromatic rings. The Morgan fingerprint density at radius 2 is 1.92 bits per heavy atom. The van der Waals surface area contributed by atoms with Gasteiger partial charge in [-0.2, -0.15) is 0 Å². The quantitative estimate of drug-likeness (QED) is 0.414. The number of aromatic nitrogens is 4. The first-order valence-corrected chi connectivity index (χ1v) is 12.6. The molecule has 0 unspecified atom stereocenters. The maximum atomic E-state index is 13.5. The zero-order valence-electron chi connectivity index (χ0n) is 20.8. The highest BCUT2D eigenvalue weighted by Crippen LogP contribution is 2.34. The molecule has 1 aliphatic heterocycles. The van der Waals surface area contributed by atoms with Crippen LogP contribution in [0.1, 0.15) is 48.6 Å². The number of likely N-dealkylation sites (tertiary alicyclic amines) is 1. The molecule has 0 spiro atoms. The van der Waals surface area contributed by atoms with E-state index in [4.69, 9.17) is 11.6 Å². The van der Waals surface area contributed by atoms with E-state index in [1.165, 1.54) is 0 Å². The van der Waals surface area contributed by atoms with Crippen LogP contribution in [0.2, 0.25) is 5.02 Å². The number of carbonyl (C=O) groups excluding carboxylic acids is 1. The highest BCUT2D eigenvalue weighted by Gasteiger charge is 2.27. The van der Waals surface area contributed by atoms with E-state index >= 15 is 0 Å². The number of benzene rings is 1. The van der Waals surface area contributed by atoms with Gasteiger partial charge in [-0.25, -0.2) is 9.97 Å². The Labute approximate surface area is 215 Å². The molecule has 4 heterocycles. The summed E-state index contributed by atoms with van der Waals surface area (Å²) in [6.07, 6.45) is 8.27. The molecule has 1 aromatic carbocycles. The topological polar surface area (TPSA) is 84.1 Å². The summed E-state index contributed by atoms with van der Waals surface area (Å²) in [6, 6.07) is 11.5. The van der Waals surface area contributed by atoms with Gasteiger partial charge in [-0.1, -0.05) is 17.7 Å². The second-order valence-electron chi connectivity index (χ2n) is 10.1. The first kappa shape index (κ1) is 24.4. The van der Waals surface area contributed by atoms with Gasteiger partial charge >= 0.3 is 0 Å². The third-order valence-corrected chi connectivity index (χ3v) is 7.23. The van der Waals surface area contributed by atoms with Crippen molar-refractivity contribution >= 4 is 28.4 Å². The van der Waals surface area contributed by atoms with Crippen molar-refractivity contribution in [2.75, 3.05) is 13.1 Å². The molecule has 1 amide bonds. The van der Waals surface area contributed by atoms with Gasteiger partial charge in [-0.3, -0.25) is 9.78 Å². The molecule has 0 bridgehead atoms. The number of hydrogen-bond donors (Lipinski definition) is 1. The summed E-state index contributed by atoms with van der Waals surface area (Å²) in [5.41, 5.74) is 2.89. The largest absolute Gasteiger partial charge is 0.382 e. The average Bonchev–Trinajstić information content (AvgIpc) is 3.19. The smallest absolute Gasteiger partial charge is 0.255 e. The molecule has 8 heteroatoms.